The summed E-state index contributed by atoms with van der Waals surface area (Å²) in [6.45, 7) is 2.67. The first kappa shape index (κ1) is 19.5. The van der Waals surface area contributed by atoms with E-state index in [0.29, 0.717) is 18.1 Å². The number of carbonyl (C=O) groups excluding carboxylic acids is 1. The number of furan rings is 1. The van der Waals surface area contributed by atoms with Crippen molar-refractivity contribution in [3.63, 3.8) is 0 Å². The second-order valence-corrected chi connectivity index (χ2v) is 7.57. The second-order valence-electron chi connectivity index (χ2n) is 6.63. The van der Waals surface area contributed by atoms with Crippen LogP contribution in [-0.2, 0) is 17.6 Å². The third kappa shape index (κ3) is 4.92. The Hall–Kier alpha value is -2.26. The summed E-state index contributed by atoms with van der Waals surface area (Å²) in [5.74, 6) is 0.568. The quantitative estimate of drug-likeness (QED) is 0.629. The molecule has 1 amide bonds. The first-order chi connectivity index (χ1) is 13.0. The van der Waals surface area contributed by atoms with E-state index in [1.54, 1.807) is 30.1 Å². The molecule has 27 heavy (non-hydrogen) atoms. The van der Waals surface area contributed by atoms with Gasteiger partial charge < -0.3 is 19.4 Å². The van der Waals surface area contributed by atoms with Crippen molar-refractivity contribution >= 4 is 23.6 Å². The van der Waals surface area contributed by atoms with Crippen molar-refractivity contribution in [1.82, 2.24) is 19.8 Å². The molecule has 1 saturated carbocycles. The van der Waals surface area contributed by atoms with Crippen LogP contribution in [0.2, 0.25) is 0 Å². The van der Waals surface area contributed by atoms with Crippen molar-refractivity contribution in [3.8, 4) is 0 Å². The molecule has 1 fully saturated rings. The number of aromatic nitrogens is 2. The molecule has 0 aliphatic heterocycles. The number of thioether (sulfide) groups is 1. The molecule has 1 aliphatic carbocycles. The van der Waals surface area contributed by atoms with Crippen molar-refractivity contribution in [2.24, 2.45) is 7.05 Å². The summed E-state index contributed by atoms with van der Waals surface area (Å²) >= 11 is 1.55. The molecule has 146 valence electrons. The Balaban J connectivity index is 1.45. The maximum Gasteiger partial charge on any atom is 0.317 e. The number of imidazole rings is 1. The Bertz CT molecular complexity index is 797. The fraction of sp³-hybridized carbons (Fsp3) is 0.500. The van der Waals surface area contributed by atoms with Gasteiger partial charge in [-0.3, -0.25) is 14.5 Å². The molecule has 0 bridgehead atoms. The number of amides is 1. The van der Waals surface area contributed by atoms with Crippen LogP contribution in [-0.4, -0.2) is 56.6 Å². The monoisotopic (exact) mass is 392 g/mol. The zero-order valence-corrected chi connectivity index (χ0v) is 16.2. The normalized spacial score (nSPS) is 19.1. The number of hydrogen-bond donors (Lipinski definition) is 2. The molecule has 9 heteroatoms. The molecule has 2 N–H and O–H groups in total. The topological polar surface area (TPSA) is 101 Å². The van der Waals surface area contributed by atoms with E-state index in [4.69, 9.17) is 9.52 Å². The number of aryl methyl sites for hydroxylation is 1. The van der Waals surface area contributed by atoms with Crippen LogP contribution in [0.1, 0.15) is 36.1 Å². The molecular formula is C18H24N4O4S. The van der Waals surface area contributed by atoms with E-state index in [1.165, 1.54) is 0 Å². The predicted molar refractivity (Wildman–Crippen MR) is 101 cm³/mol. The molecule has 1 aliphatic rings. The van der Waals surface area contributed by atoms with Gasteiger partial charge in [-0.25, -0.2) is 4.98 Å². The van der Waals surface area contributed by atoms with Crippen LogP contribution in [0.3, 0.4) is 0 Å². The predicted octanol–water partition coefficient (Wildman–Crippen LogP) is 1.97. The van der Waals surface area contributed by atoms with Crippen LogP contribution in [0.25, 0.3) is 0 Å². The van der Waals surface area contributed by atoms with Crippen molar-refractivity contribution in [3.05, 3.63) is 36.0 Å². The van der Waals surface area contributed by atoms with E-state index >= 15 is 0 Å². The SMILES string of the molecule is CCN(CC(=O)O)C1CC(NC(=O)c2ccc(CSc3nccn3C)o2)C1. The summed E-state index contributed by atoms with van der Waals surface area (Å²) in [6.07, 6.45) is 5.14. The van der Waals surface area contributed by atoms with Gasteiger partial charge in [0.2, 0.25) is 0 Å². The van der Waals surface area contributed by atoms with E-state index in [-0.39, 0.29) is 24.5 Å². The Labute approximate surface area is 161 Å². The third-order valence-corrected chi connectivity index (χ3v) is 5.80. The van der Waals surface area contributed by atoms with Crippen molar-refractivity contribution in [2.75, 3.05) is 13.1 Å². The number of aliphatic carboxylic acids is 1. The van der Waals surface area contributed by atoms with Gasteiger partial charge in [0.1, 0.15) is 5.76 Å². The number of carbonyl (C=O) groups is 2. The van der Waals surface area contributed by atoms with Gasteiger partial charge in [0, 0.05) is 31.5 Å². The van der Waals surface area contributed by atoms with Gasteiger partial charge in [0.05, 0.1) is 12.3 Å². The van der Waals surface area contributed by atoms with Crippen molar-refractivity contribution < 1.29 is 19.1 Å². The average molecular weight is 392 g/mol. The number of likely N-dealkylation sites (N-methyl/N-ethyl adjacent to an activating group) is 1. The van der Waals surface area contributed by atoms with E-state index in [9.17, 15) is 9.59 Å². The van der Waals surface area contributed by atoms with Gasteiger partial charge in [0.25, 0.3) is 5.91 Å². The first-order valence-corrected chi connectivity index (χ1v) is 9.90. The average Bonchev–Trinajstić information content (AvgIpc) is 3.22. The molecule has 0 aromatic carbocycles. The molecule has 2 heterocycles. The maximum atomic E-state index is 12.3. The lowest BCUT2D eigenvalue weighted by Gasteiger charge is -2.42. The summed E-state index contributed by atoms with van der Waals surface area (Å²) in [4.78, 5) is 29.4. The third-order valence-electron chi connectivity index (χ3n) is 4.72. The van der Waals surface area contributed by atoms with Gasteiger partial charge in [-0.1, -0.05) is 18.7 Å². The number of rotatable bonds is 9. The molecule has 0 saturated heterocycles. The zero-order chi connectivity index (χ0) is 19.4. The molecule has 2 aromatic rings. The molecule has 0 spiro atoms. The minimum absolute atomic E-state index is 0.0387. The highest BCUT2D eigenvalue weighted by Gasteiger charge is 2.35. The number of nitrogens with zero attached hydrogens (tertiary/aromatic N) is 3. The highest BCUT2D eigenvalue weighted by Crippen LogP contribution is 2.26. The van der Waals surface area contributed by atoms with Crippen LogP contribution < -0.4 is 5.32 Å². The molecular weight excluding hydrogens is 368 g/mol. The number of nitrogens with one attached hydrogen (secondary N) is 1. The van der Waals surface area contributed by atoms with E-state index < -0.39 is 5.97 Å². The lowest BCUT2D eigenvalue weighted by atomic mass is 9.85. The number of carboxylic acid groups (broad SMARTS) is 1. The van der Waals surface area contributed by atoms with Crippen LogP contribution in [0.15, 0.2) is 34.1 Å². The summed E-state index contributed by atoms with van der Waals surface area (Å²) in [7, 11) is 1.93. The molecule has 2 aromatic heterocycles. The molecule has 8 nitrogen and oxygen atoms in total. The van der Waals surface area contributed by atoms with Gasteiger partial charge in [-0.15, -0.1) is 0 Å². The number of carboxylic acids is 1. The van der Waals surface area contributed by atoms with Gasteiger partial charge in [-0.05, 0) is 31.5 Å². The standard InChI is InChI=1S/C18H24N4O4S/c1-3-22(10-16(23)24)13-8-12(9-13)20-17(25)15-5-4-14(26-15)11-27-18-19-6-7-21(18)2/h4-7,12-13H,3,8-11H2,1-2H3,(H,20,25)(H,23,24). The van der Waals surface area contributed by atoms with Crippen molar-refractivity contribution in [2.45, 2.75) is 42.8 Å². The first-order valence-electron chi connectivity index (χ1n) is 8.91. The highest BCUT2D eigenvalue weighted by atomic mass is 32.2. The smallest absolute Gasteiger partial charge is 0.317 e. The van der Waals surface area contributed by atoms with Gasteiger partial charge in [-0.2, -0.15) is 0 Å². The van der Waals surface area contributed by atoms with E-state index in [1.807, 2.05) is 29.6 Å². The van der Waals surface area contributed by atoms with E-state index in [2.05, 4.69) is 10.3 Å². The fourth-order valence-corrected chi connectivity index (χ4v) is 3.96. The van der Waals surface area contributed by atoms with Crippen molar-refractivity contribution in [1.29, 1.82) is 0 Å². The van der Waals surface area contributed by atoms with Crippen LogP contribution in [0, 0.1) is 0 Å². The Morgan fingerprint density at radius 3 is 2.85 bits per heavy atom. The summed E-state index contributed by atoms with van der Waals surface area (Å²) < 4.78 is 7.57. The fourth-order valence-electron chi connectivity index (χ4n) is 3.14. The molecule has 0 atom stereocenters. The summed E-state index contributed by atoms with van der Waals surface area (Å²) in [5, 5.41) is 12.8. The lowest BCUT2D eigenvalue weighted by Crippen LogP contribution is -2.54. The Morgan fingerprint density at radius 2 is 2.22 bits per heavy atom. The molecule has 0 radical (unpaired) electrons. The van der Waals surface area contributed by atoms with Gasteiger partial charge >= 0.3 is 5.97 Å². The van der Waals surface area contributed by atoms with E-state index in [0.717, 1.165) is 23.8 Å². The summed E-state index contributed by atoms with van der Waals surface area (Å²) in [5.41, 5.74) is 0. The number of hydrogen-bond acceptors (Lipinski definition) is 6. The second kappa shape index (κ2) is 8.62. The maximum absolute atomic E-state index is 12.3. The Morgan fingerprint density at radius 1 is 1.44 bits per heavy atom. The molecule has 3 rings (SSSR count). The minimum atomic E-state index is -0.823. The van der Waals surface area contributed by atoms with Crippen LogP contribution >= 0.6 is 11.8 Å². The molecule has 0 unspecified atom stereocenters. The zero-order valence-electron chi connectivity index (χ0n) is 15.4. The van der Waals surface area contributed by atoms with Gasteiger partial charge in [0.15, 0.2) is 10.9 Å². The van der Waals surface area contributed by atoms with Crippen LogP contribution in [0.5, 0.6) is 0 Å². The minimum Gasteiger partial charge on any atom is -0.480 e. The summed E-state index contributed by atoms with van der Waals surface area (Å²) in [6, 6.07) is 3.75. The lowest BCUT2D eigenvalue weighted by molar-refractivity contribution is -0.139. The van der Waals surface area contributed by atoms with Crippen LogP contribution in [0.4, 0.5) is 0 Å². The Kier molecular flexibility index (Phi) is 6.22. The highest BCUT2D eigenvalue weighted by molar-refractivity contribution is 7.98. The largest absolute Gasteiger partial charge is 0.480 e.